The van der Waals surface area contributed by atoms with Crippen molar-refractivity contribution in [3.05, 3.63) is 71.2 Å². The Bertz CT molecular complexity index is 1510. The van der Waals surface area contributed by atoms with Crippen molar-refractivity contribution in [2.24, 2.45) is 0 Å². The summed E-state index contributed by atoms with van der Waals surface area (Å²) >= 11 is 1.31. The lowest BCUT2D eigenvalue weighted by atomic mass is 10.1. The van der Waals surface area contributed by atoms with Crippen molar-refractivity contribution in [3.8, 4) is 11.5 Å². The average Bonchev–Trinajstić information content (AvgIpc) is 3.25. The van der Waals surface area contributed by atoms with E-state index in [0.29, 0.717) is 26.8 Å². The highest BCUT2D eigenvalue weighted by Gasteiger charge is 2.34. The molecule has 0 radical (unpaired) electrons. The molecule has 0 saturated carbocycles. The van der Waals surface area contributed by atoms with Gasteiger partial charge in [-0.1, -0.05) is 18.2 Å². The molecule has 1 fully saturated rings. The van der Waals surface area contributed by atoms with E-state index >= 15 is 0 Å². The molecule has 8 nitrogen and oxygen atoms in total. The van der Waals surface area contributed by atoms with Gasteiger partial charge in [0.25, 0.3) is 5.91 Å². The van der Waals surface area contributed by atoms with Crippen molar-refractivity contribution in [2.75, 3.05) is 30.4 Å². The number of aryl methyl sites for hydroxylation is 1. The van der Waals surface area contributed by atoms with Crippen molar-refractivity contribution in [3.63, 3.8) is 0 Å². The van der Waals surface area contributed by atoms with Crippen LogP contribution < -0.4 is 20.3 Å². The molecule has 38 heavy (non-hydrogen) atoms. The fraction of sp³-hybridized carbons (Fsp3) is 0.250. The van der Waals surface area contributed by atoms with E-state index in [1.165, 1.54) is 11.3 Å². The second-order valence-electron chi connectivity index (χ2n) is 9.52. The minimum atomic E-state index is -0.315. The van der Waals surface area contributed by atoms with Crippen LogP contribution >= 0.6 is 24.8 Å². The van der Waals surface area contributed by atoms with Crippen LogP contribution in [0.4, 0.5) is 21.9 Å². The summed E-state index contributed by atoms with van der Waals surface area (Å²) < 4.78 is 5.97. The maximum absolute atomic E-state index is 13.5. The number of aromatic nitrogens is 1. The molecule has 2 aromatic heterocycles. The first-order chi connectivity index (χ1) is 18.0. The number of thiophene rings is 1. The van der Waals surface area contributed by atoms with Crippen molar-refractivity contribution < 1.29 is 14.3 Å². The van der Waals surface area contributed by atoms with Crippen LogP contribution in [0.5, 0.6) is 11.5 Å². The second kappa shape index (κ2) is 10.6. The second-order valence-corrected chi connectivity index (χ2v) is 10.5. The summed E-state index contributed by atoms with van der Waals surface area (Å²) in [4.78, 5) is 36.3. The molecule has 0 bridgehead atoms. The number of benzene rings is 2. The molecule has 1 saturated heterocycles. The first-order valence-electron chi connectivity index (χ1n) is 12.3. The molecular weight excluding hydrogens is 518 g/mol. The Labute approximate surface area is 232 Å². The fourth-order valence-corrected chi connectivity index (χ4v) is 6.11. The zero-order valence-corrected chi connectivity index (χ0v) is 23.0. The molecule has 0 unspecified atom stereocenters. The highest BCUT2D eigenvalue weighted by molar-refractivity contribution is 7.59. The normalized spacial score (nSPS) is 17.1. The Morgan fingerprint density at radius 2 is 1.95 bits per heavy atom. The topological polar surface area (TPSA) is 86.8 Å². The van der Waals surface area contributed by atoms with Gasteiger partial charge in [-0.25, -0.2) is 9.78 Å². The van der Waals surface area contributed by atoms with E-state index < -0.39 is 0 Å². The molecular formula is C28H29N5O3S2. The van der Waals surface area contributed by atoms with Gasteiger partial charge in [0.05, 0.1) is 22.4 Å². The van der Waals surface area contributed by atoms with Gasteiger partial charge in [0, 0.05) is 18.8 Å². The predicted molar refractivity (Wildman–Crippen MR) is 157 cm³/mol. The fourth-order valence-electron chi connectivity index (χ4n) is 5.09. The zero-order chi connectivity index (χ0) is 25.5. The van der Waals surface area contributed by atoms with Gasteiger partial charge in [0.15, 0.2) is 0 Å². The number of piperidine rings is 1. The maximum Gasteiger partial charge on any atom is 0.331 e. The molecule has 1 atom stereocenters. The SMILES string of the molecule is Cc1cc(Oc2ccccc2)ccc1N1C(=O)Nc2c(C(=O)N[C@H]3CCCN(C)C3)sc3nccc1c23.S. The van der Waals surface area contributed by atoms with Crippen LogP contribution in [-0.2, 0) is 0 Å². The van der Waals surface area contributed by atoms with E-state index in [1.807, 2.05) is 61.5 Å². The lowest BCUT2D eigenvalue weighted by molar-refractivity contribution is 0.0917. The number of likely N-dealkylation sites (N-methyl/N-ethyl adjacent to an activating group) is 1. The maximum atomic E-state index is 13.5. The summed E-state index contributed by atoms with van der Waals surface area (Å²) in [5.41, 5.74) is 2.86. The standard InChI is InChI=1S/C28H27N5O3S.H2S/c1-17-15-20(36-19-8-4-3-5-9-19)10-11-21(17)33-22-12-13-29-27-23(22)24(31-28(33)35)25(37-27)26(34)30-18-7-6-14-32(2)16-18;/h3-5,8-13,15,18H,6-7,14,16H2,1-2H3,(H,30,34)(H,31,35);1H2/t18-;/m0./s1. The first kappa shape index (κ1) is 26.0. The number of carbonyl (C=O) groups is 2. The summed E-state index contributed by atoms with van der Waals surface area (Å²) in [6.45, 7) is 3.80. The molecule has 4 aromatic rings. The number of carbonyl (C=O) groups excluding carboxylic acids is 2. The molecule has 0 spiro atoms. The number of ether oxygens (including phenoxy) is 1. The van der Waals surface area contributed by atoms with E-state index in [2.05, 4.69) is 27.6 Å². The summed E-state index contributed by atoms with van der Waals surface area (Å²) in [6.07, 6.45) is 3.68. The van der Waals surface area contributed by atoms with E-state index in [0.717, 1.165) is 48.3 Å². The van der Waals surface area contributed by atoms with E-state index in [9.17, 15) is 9.59 Å². The Morgan fingerprint density at radius 1 is 1.13 bits per heavy atom. The van der Waals surface area contributed by atoms with Crippen molar-refractivity contribution >= 4 is 64.0 Å². The predicted octanol–water partition coefficient (Wildman–Crippen LogP) is 6.02. The molecule has 0 aliphatic carbocycles. The van der Waals surface area contributed by atoms with Crippen LogP contribution in [0.25, 0.3) is 10.2 Å². The number of amides is 3. The number of rotatable bonds is 5. The van der Waals surface area contributed by atoms with Crippen molar-refractivity contribution in [1.29, 1.82) is 0 Å². The average molecular weight is 548 g/mol. The number of hydrogen-bond acceptors (Lipinski definition) is 6. The van der Waals surface area contributed by atoms with Gasteiger partial charge in [0.2, 0.25) is 0 Å². The summed E-state index contributed by atoms with van der Waals surface area (Å²) in [6, 6.07) is 16.8. The van der Waals surface area contributed by atoms with Crippen molar-refractivity contribution in [2.45, 2.75) is 25.8 Å². The molecule has 2 aliphatic heterocycles. The van der Waals surface area contributed by atoms with Crippen LogP contribution in [0.15, 0.2) is 60.8 Å². The summed E-state index contributed by atoms with van der Waals surface area (Å²) in [7, 11) is 2.06. The molecule has 4 heterocycles. The van der Waals surface area contributed by atoms with Crippen LogP contribution in [0, 0.1) is 6.92 Å². The number of urea groups is 1. The number of hydrogen-bond donors (Lipinski definition) is 2. The minimum absolute atomic E-state index is 0. The molecule has 2 aliphatic rings. The van der Waals surface area contributed by atoms with Crippen LogP contribution in [-0.4, -0.2) is 48.0 Å². The molecule has 10 heteroatoms. The lowest BCUT2D eigenvalue weighted by Gasteiger charge is -2.31. The summed E-state index contributed by atoms with van der Waals surface area (Å²) in [5.74, 6) is 1.26. The van der Waals surface area contributed by atoms with Gasteiger partial charge in [-0.3, -0.25) is 9.69 Å². The summed E-state index contributed by atoms with van der Waals surface area (Å²) in [5, 5.41) is 6.93. The Balaban J connectivity index is 0.00000294. The van der Waals surface area contributed by atoms with Gasteiger partial charge in [-0.2, -0.15) is 13.5 Å². The highest BCUT2D eigenvalue weighted by atomic mass is 32.1. The van der Waals surface area contributed by atoms with Gasteiger partial charge < -0.3 is 20.3 Å². The molecule has 3 amide bonds. The molecule has 196 valence electrons. The van der Waals surface area contributed by atoms with Gasteiger partial charge in [0.1, 0.15) is 21.2 Å². The zero-order valence-electron chi connectivity index (χ0n) is 21.2. The molecule has 2 N–H and O–H groups in total. The van der Waals surface area contributed by atoms with Crippen LogP contribution in [0.2, 0.25) is 0 Å². The van der Waals surface area contributed by atoms with E-state index in [-0.39, 0.29) is 31.5 Å². The number of nitrogens with one attached hydrogen (secondary N) is 2. The van der Waals surface area contributed by atoms with Gasteiger partial charge in [-0.05, 0) is 75.3 Å². The number of para-hydroxylation sites is 1. The highest BCUT2D eigenvalue weighted by Crippen LogP contribution is 2.46. The smallest absolute Gasteiger partial charge is 0.331 e. The minimum Gasteiger partial charge on any atom is -0.457 e. The van der Waals surface area contributed by atoms with Crippen LogP contribution in [0.3, 0.4) is 0 Å². The van der Waals surface area contributed by atoms with Crippen LogP contribution in [0.1, 0.15) is 28.1 Å². The monoisotopic (exact) mass is 547 g/mol. The quantitative estimate of drug-likeness (QED) is 0.319. The third-order valence-corrected chi connectivity index (χ3v) is 7.90. The third-order valence-electron chi connectivity index (χ3n) is 6.80. The van der Waals surface area contributed by atoms with E-state index in [4.69, 9.17) is 4.74 Å². The number of nitrogens with zero attached hydrogens (tertiary/aromatic N) is 3. The largest absolute Gasteiger partial charge is 0.457 e. The Hall–Kier alpha value is -3.60. The van der Waals surface area contributed by atoms with E-state index in [1.54, 1.807) is 11.1 Å². The molecule has 6 rings (SSSR count). The third kappa shape index (κ3) is 4.82. The first-order valence-corrected chi connectivity index (χ1v) is 13.1. The lowest BCUT2D eigenvalue weighted by Crippen LogP contribution is -2.46. The van der Waals surface area contributed by atoms with Crippen molar-refractivity contribution in [1.82, 2.24) is 15.2 Å². The number of anilines is 3. The number of pyridine rings is 1. The number of likely N-dealkylation sites (tertiary alicyclic amines) is 1. The molecule has 2 aromatic carbocycles. The van der Waals surface area contributed by atoms with Gasteiger partial charge >= 0.3 is 6.03 Å². The van der Waals surface area contributed by atoms with Gasteiger partial charge in [-0.15, -0.1) is 11.3 Å². The Morgan fingerprint density at radius 3 is 2.71 bits per heavy atom. The Kier molecular flexibility index (Phi) is 7.29.